The highest BCUT2D eigenvalue weighted by Gasteiger charge is 2.13. The quantitative estimate of drug-likeness (QED) is 0.378. The molecule has 0 saturated carbocycles. The molecule has 2 N–H and O–H groups in total. The van der Waals surface area contributed by atoms with Gasteiger partial charge in [0.15, 0.2) is 11.2 Å². The Morgan fingerprint density at radius 2 is 1.91 bits per heavy atom. The predicted octanol–water partition coefficient (Wildman–Crippen LogP) is 3.08. The largest absolute Gasteiger partial charge is 0.365 e. The van der Waals surface area contributed by atoms with Gasteiger partial charge in [-0.05, 0) is 29.8 Å². The van der Waals surface area contributed by atoms with Crippen LogP contribution < -0.4 is 10.6 Å². The van der Waals surface area contributed by atoms with E-state index in [9.17, 15) is 9.18 Å². The molecule has 0 unspecified atom stereocenters. The number of nitrogens with one attached hydrogen (secondary N) is 2. The Hall–Kier alpha value is -4.34. The van der Waals surface area contributed by atoms with Crippen molar-refractivity contribution in [2.24, 2.45) is 0 Å². The minimum atomic E-state index is -0.272. The smallest absolute Gasteiger partial charge is 0.226 e. The number of hydrogen-bond acceptors (Lipinski definition) is 7. The number of halogens is 1. The van der Waals surface area contributed by atoms with Crippen LogP contribution in [0.3, 0.4) is 0 Å². The fraction of sp³-hybridized carbons (Fsp3) is 0.174. The summed E-state index contributed by atoms with van der Waals surface area (Å²) in [6.45, 7) is 1.32. The van der Waals surface area contributed by atoms with Gasteiger partial charge in [0.05, 0.1) is 24.5 Å². The number of nitrogens with zero attached hydrogens (tertiary/aromatic N) is 5. The summed E-state index contributed by atoms with van der Waals surface area (Å²) in [5.41, 5.74) is 2.85. The lowest BCUT2D eigenvalue weighted by molar-refractivity contribution is -0.120. The van der Waals surface area contributed by atoms with E-state index in [-0.39, 0.29) is 18.1 Å². The second-order valence-electron chi connectivity index (χ2n) is 7.46. The maximum Gasteiger partial charge on any atom is 0.226 e. The van der Waals surface area contributed by atoms with Gasteiger partial charge in [-0.15, -0.1) is 0 Å². The van der Waals surface area contributed by atoms with Crippen molar-refractivity contribution in [2.45, 2.75) is 19.5 Å². The second-order valence-corrected chi connectivity index (χ2v) is 7.46. The number of hydrogen-bond donors (Lipinski definition) is 2. The van der Waals surface area contributed by atoms with Crippen molar-refractivity contribution in [1.29, 1.82) is 0 Å². The Bertz CT molecular complexity index is 1410. The van der Waals surface area contributed by atoms with Gasteiger partial charge in [0.2, 0.25) is 5.91 Å². The van der Waals surface area contributed by atoms with Gasteiger partial charge in [0.1, 0.15) is 23.7 Å². The van der Waals surface area contributed by atoms with Gasteiger partial charge >= 0.3 is 0 Å². The fourth-order valence-electron chi connectivity index (χ4n) is 3.57. The van der Waals surface area contributed by atoms with Crippen LogP contribution in [0.4, 0.5) is 10.2 Å². The highest BCUT2D eigenvalue weighted by molar-refractivity contribution is 5.87. The molecule has 3 aromatic heterocycles. The summed E-state index contributed by atoms with van der Waals surface area (Å²) in [4.78, 5) is 21.0. The highest BCUT2D eigenvalue weighted by Crippen LogP contribution is 2.20. The average Bonchev–Trinajstić information content (AvgIpc) is 3.43. The summed E-state index contributed by atoms with van der Waals surface area (Å²) in [7, 11) is 0. The van der Waals surface area contributed by atoms with Crippen LogP contribution in [0.15, 0.2) is 65.6 Å². The van der Waals surface area contributed by atoms with Crippen LogP contribution in [-0.2, 0) is 24.3 Å². The molecular formula is C23H20FN7O2. The molecule has 0 spiro atoms. The minimum Gasteiger partial charge on any atom is -0.365 e. The third-order valence-corrected chi connectivity index (χ3v) is 5.23. The Labute approximate surface area is 187 Å². The van der Waals surface area contributed by atoms with Crippen molar-refractivity contribution in [3.05, 3.63) is 78.1 Å². The van der Waals surface area contributed by atoms with E-state index in [4.69, 9.17) is 4.52 Å². The van der Waals surface area contributed by atoms with Crippen LogP contribution in [0.5, 0.6) is 0 Å². The lowest BCUT2D eigenvalue weighted by Crippen LogP contribution is -2.29. The molecule has 0 fully saturated rings. The third-order valence-electron chi connectivity index (χ3n) is 5.23. The first-order valence-electron chi connectivity index (χ1n) is 10.4. The molecule has 0 aliphatic carbocycles. The normalized spacial score (nSPS) is 11.2. The molecule has 0 atom stereocenters. The lowest BCUT2D eigenvalue weighted by Gasteiger charge is -2.08. The molecule has 0 radical (unpaired) electrons. The predicted molar refractivity (Wildman–Crippen MR) is 120 cm³/mol. The number of fused-ring (bicyclic) bond motifs is 2. The topological polar surface area (TPSA) is 111 Å². The zero-order valence-corrected chi connectivity index (χ0v) is 17.5. The Morgan fingerprint density at radius 3 is 2.79 bits per heavy atom. The Morgan fingerprint density at radius 1 is 1.06 bits per heavy atom. The van der Waals surface area contributed by atoms with E-state index in [1.165, 1.54) is 18.5 Å². The molecular weight excluding hydrogens is 425 g/mol. The summed E-state index contributed by atoms with van der Waals surface area (Å²) in [5, 5.41) is 16.1. The molecule has 0 bridgehead atoms. The molecule has 166 valence electrons. The van der Waals surface area contributed by atoms with E-state index in [1.54, 1.807) is 23.0 Å². The van der Waals surface area contributed by atoms with Gasteiger partial charge < -0.3 is 15.2 Å². The zero-order valence-electron chi connectivity index (χ0n) is 17.5. The number of rotatable bonds is 8. The monoisotopic (exact) mass is 445 g/mol. The van der Waals surface area contributed by atoms with E-state index in [0.717, 1.165) is 16.3 Å². The van der Waals surface area contributed by atoms with E-state index >= 15 is 0 Å². The molecule has 5 aromatic rings. The molecule has 0 aliphatic heterocycles. The Balaban J connectivity index is 1.19. The van der Waals surface area contributed by atoms with Gasteiger partial charge in [-0.1, -0.05) is 29.4 Å². The third kappa shape index (κ3) is 4.49. The molecule has 10 heteroatoms. The molecule has 5 rings (SSSR count). The average molecular weight is 445 g/mol. The fourth-order valence-corrected chi connectivity index (χ4v) is 3.57. The van der Waals surface area contributed by atoms with Crippen molar-refractivity contribution in [1.82, 2.24) is 30.2 Å². The van der Waals surface area contributed by atoms with Crippen molar-refractivity contribution in [3.63, 3.8) is 0 Å². The number of benzene rings is 2. The first kappa shape index (κ1) is 20.6. The number of para-hydroxylation sites is 1. The van der Waals surface area contributed by atoms with Gasteiger partial charge in [-0.3, -0.25) is 4.79 Å². The second kappa shape index (κ2) is 9.03. The summed E-state index contributed by atoms with van der Waals surface area (Å²) >= 11 is 0. The molecule has 2 aromatic carbocycles. The molecule has 1 amide bonds. The molecule has 33 heavy (non-hydrogen) atoms. The van der Waals surface area contributed by atoms with E-state index in [2.05, 4.69) is 30.9 Å². The van der Waals surface area contributed by atoms with Crippen LogP contribution in [-0.4, -0.2) is 37.4 Å². The summed E-state index contributed by atoms with van der Waals surface area (Å²) in [5.74, 6) is 0.213. The summed E-state index contributed by atoms with van der Waals surface area (Å²) < 4.78 is 20.0. The van der Waals surface area contributed by atoms with Crippen LogP contribution in [0.25, 0.3) is 22.0 Å². The zero-order chi connectivity index (χ0) is 22.6. The SMILES string of the molecule is O=C(Cc1noc2ccccc12)NCCn1ncc2c(NCc3ccc(F)cc3)ncnc21. The first-order chi connectivity index (χ1) is 16.2. The van der Waals surface area contributed by atoms with Crippen molar-refractivity contribution >= 4 is 33.7 Å². The summed E-state index contributed by atoms with van der Waals surface area (Å²) in [6.07, 6.45) is 3.28. The van der Waals surface area contributed by atoms with E-state index < -0.39 is 0 Å². The first-order valence-corrected chi connectivity index (χ1v) is 10.4. The van der Waals surface area contributed by atoms with Crippen LogP contribution in [0, 0.1) is 5.82 Å². The number of amides is 1. The standard InChI is InChI=1S/C23H20FN7O2/c24-16-7-5-15(6-8-16)12-26-22-18-13-29-31(23(18)28-14-27-22)10-9-25-21(32)11-19-17-3-1-2-4-20(17)33-30-19/h1-8,13-14H,9-12H2,(H,25,32)(H,26,27,28). The number of aromatic nitrogens is 5. The maximum absolute atomic E-state index is 13.1. The molecule has 0 aliphatic rings. The molecule has 3 heterocycles. The van der Waals surface area contributed by atoms with E-state index in [0.29, 0.717) is 42.4 Å². The van der Waals surface area contributed by atoms with Gasteiger partial charge in [0, 0.05) is 18.5 Å². The number of anilines is 1. The van der Waals surface area contributed by atoms with Crippen LogP contribution in [0.2, 0.25) is 0 Å². The van der Waals surface area contributed by atoms with E-state index in [1.807, 2.05) is 24.3 Å². The lowest BCUT2D eigenvalue weighted by atomic mass is 10.1. The van der Waals surface area contributed by atoms with Crippen LogP contribution in [0.1, 0.15) is 11.3 Å². The van der Waals surface area contributed by atoms with Gasteiger partial charge in [-0.2, -0.15) is 5.10 Å². The Kier molecular flexibility index (Phi) is 5.62. The summed E-state index contributed by atoms with van der Waals surface area (Å²) in [6, 6.07) is 13.7. The van der Waals surface area contributed by atoms with Gasteiger partial charge in [-0.25, -0.2) is 19.0 Å². The minimum absolute atomic E-state index is 0.135. The number of carbonyl (C=O) groups excluding carboxylic acids is 1. The maximum atomic E-state index is 13.1. The molecule has 0 saturated heterocycles. The van der Waals surface area contributed by atoms with Crippen molar-refractivity contribution < 1.29 is 13.7 Å². The van der Waals surface area contributed by atoms with Gasteiger partial charge in [0.25, 0.3) is 0 Å². The van der Waals surface area contributed by atoms with Crippen LogP contribution >= 0.6 is 0 Å². The number of carbonyl (C=O) groups is 1. The highest BCUT2D eigenvalue weighted by atomic mass is 19.1. The van der Waals surface area contributed by atoms with Crippen molar-refractivity contribution in [2.75, 3.05) is 11.9 Å². The van der Waals surface area contributed by atoms with Crippen molar-refractivity contribution in [3.8, 4) is 0 Å². The molecule has 9 nitrogen and oxygen atoms in total.